The van der Waals surface area contributed by atoms with Gasteiger partial charge in [-0.1, -0.05) is 18.2 Å². The lowest BCUT2D eigenvalue weighted by Gasteiger charge is -2.14. The molecule has 1 aromatic heterocycles. The highest BCUT2D eigenvalue weighted by atomic mass is 19.1. The van der Waals surface area contributed by atoms with Crippen molar-refractivity contribution in [2.45, 2.75) is 13.0 Å². The molecule has 3 rings (SSSR count). The number of carbonyl (C=O) groups is 1. The fourth-order valence-corrected chi connectivity index (χ4v) is 2.53. The van der Waals surface area contributed by atoms with Crippen molar-refractivity contribution in [1.82, 2.24) is 10.3 Å². The standard InChI is InChI=1S/C22H18F2N2O2/c1-15(26-21(27)11-8-17-13-18(23)9-10-20(17)24)16-5-4-6-19(14-16)28-22-7-2-3-12-25-22/h2-15H,1H3,(H,26,27). The lowest BCUT2D eigenvalue weighted by molar-refractivity contribution is -0.117. The van der Waals surface area contributed by atoms with Gasteiger partial charge in [-0.2, -0.15) is 0 Å². The van der Waals surface area contributed by atoms with Crippen LogP contribution < -0.4 is 10.1 Å². The zero-order valence-electron chi connectivity index (χ0n) is 15.1. The van der Waals surface area contributed by atoms with Gasteiger partial charge in [-0.05, 0) is 55.0 Å². The van der Waals surface area contributed by atoms with Gasteiger partial charge < -0.3 is 10.1 Å². The van der Waals surface area contributed by atoms with Crippen molar-refractivity contribution >= 4 is 12.0 Å². The number of hydrogen-bond donors (Lipinski definition) is 1. The van der Waals surface area contributed by atoms with Crippen LogP contribution in [-0.4, -0.2) is 10.9 Å². The maximum Gasteiger partial charge on any atom is 0.244 e. The second-order valence-electron chi connectivity index (χ2n) is 6.07. The molecular weight excluding hydrogens is 362 g/mol. The van der Waals surface area contributed by atoms with E-state index < -0.39 is 17.5 Å². The molecule has 4 nitrogen and oxygen atoms in total. The molecule has 142 valence electrons. The van der Waals surface area contributed by atoms with Crippen molar-refractivity contribution in [1.29, 1.82) is 0 Å². The van der Waals surface area contributed by atoms with Gasteiger partial charge in [0.2, 0.25) is 11.8 Å². The summed E-state index contributed by atoms with van der Waals surface area (Å²) < 4.78 is 32.5. The van der Waals surface area contributed by atoms with E-state index in [0.29, 0.717) is 11.6 Å². The lowest BCUT2D eigenvalue weighted by atomic mass is 10.1. The van der Waals surface area contributed by atoms with Crippen LogP contribution in [0.15, 0.2) is 72.9 Å². The van der Waals surface area contributed by atoms with Crippen LogP contribution in [0.3, 0.4) is 0 Å². The molecule has 3 aromatic rings. The summed E-state index contributed by atoms with van der Waals surface area (Å²) in [6.45, 7) is 1.81. The van der Waals surface area contributed by atoms with E-state index in [0.717, 1.165) is 23.8 Å². The van der Waals surface area contributed by atoms with Gasteiger partial charge >= 0.3 is 0 Å². The Morgan fingerprint density at radius 2 is 1.96 bits per heavy atom. The first-order valence-corrected chi connectivity index (χ1v) is 8.64. The number of aromatic nitrogens is 1. The molecule has 0 spiro atoms. The predicted molar refractivity (Wildman–Crippen MR) is 103 cm³/mol. The quantitative estimate of drug-likeness (QED) is 0.610. The van der Waals surface area contributed by atoms with E-state index in [2.05, 4.69) is 10.3 Å². The van der Waals surface area contributed by atoms with Crippen LogP contribution in [0, 0.1) is 11.6 Å². The minimum Gasteiger partial charge on any atom is -0.439 e. The summed E-state index contributed by atoms with van der Waals surface area (Å²) in [6.07, 6.45) is 4.04. The molecule has 0 radical (unpaired) electrons. The van der Waals surface area contributed by atoms with Gasteiger partial charge in [-0.15, -0.1) is 0 Å². The third-order valence-electron chi connectivity index (χ3n) is 3.95. The summed E-state index contributed by atoms with van der Waals surface area (Å²) in [5, 5.41) is 2.78. The number of nitrogens with one attached hydrogen (secondary N) is 1. The molecule has 1 unspecified atom stereocenters. The van der Waals surface area contributed by atoms with Crippen molar-refractivity contribution < 1.29 is 18.3 Å². The van der Waals surface area contributed by atoms with Crippen LogP contribution in [-0.2, 0) is 4.79 Å². The topological polar surface area (TPSA) is 51.2 Å². The Morgan fingerprint density at radius 1 is 1.11 bits per heavy atom. The van der Waals surface area contributed by atoms with E-state index in [1.54, 1.807) is 30.5 Å². The highest BCUT2D eigenvalue weighted by Gasteiger charge is 2.10. The van der Waals surface area contributed by atoms with Gasteiger partial charge in [0.1, 0.15) is 17.4 Å². The number of benzene rings is 2. The van der Waals surface area contributed by atoms with Crippen LogP contribution in [0.4, 0.5) is 8.78 Å². The van der Waals surface area contributed by atoms with Crippen molar-refractivity contribution in [3.05, 3.63) is 95.7 Å². The maximum atomic E-state index is 13.6. The Labute approximate surface area is 161 Å². The molecule has 6 heteroatoms. The number of hydrogen-bond acceptors (Lipinski definition) is 3. The van der Waals surface area contributed by atoms with E-state index in [-0.39, 0.29) is 11.6 Å². The average Bonchev–Trinajstić information content (AvgIpc) is 2.69. The van der Waals surface area contributed by atoms with E-state index >= 15 is 0 Å². The monoisotopic (exact) mass is 380 g/mol. The van der Waals surface area contributed by atoms with Crippen molar-refractivity contribution in [3.63, 3.8) is 0 Å². The Bertz CT molecular complexity index is 991. The van der Waals surface area contributed by atoms with Crippen LogP contribution >= 0.6 is 0 Å². The molecule has 1 heterocycles. The van der Waals surface area contributed by atoms with Gasteiger partial charge in [-0.3, -0.25) is 4.79 Å². The third kappa shape index (κ3) is 5.23. The number of nitrogens with zero attached hydrogens (tertiary/aromatic N) is 1. The number of carbonyl (C=O) groups excluding carboxylic acids is 1. The van der Waals surface area contributed by atoms with E-state index in [1.165, 1.54) is 12.2 Å². The zero-order chi connectivity index (χ0) is 19.9. The summed E-state index contributed by atoms with van der Waals surface area (Å²) in [7, 11) is 0. The first-order valence-electron chi connectivity index (χ1n) is 8.64. The Hall–Kier alpha value is -3.54. The molecule has 0 saturated heterocycles. The molecule has 0 fully saturated rings. The van der Waals surface area contributed by atoms with Crippen molar-refractivity contribution in [2.75, 3.05) is 0 Å². The first kappa shape index (κ1) is 19.2. The molecule has 28 heavy (non-hydrogen) atoms. The maximum absolute atomic E-state index is 13.6. The summed E-state index contributed by atoms with van der Waals surface area (Å²) in [4.78, 5) is 16.2. The molecule has 0 aliphatic heterocycles. The number of halogens is 2. The SMILES string of the molecule is CC(NC(=O)C=Cc1cc(F)ccc1F)c1cccc(Oc2ccccn2)c1. The predicted octanol–water partition coefficient (Wildman–Crippen LogP) is 5.04. The molecule has 1 atom stereocenters. The molecule has 1 N–H and O–H groups in total. The van der Waals surface area contributed by atoms with Gasteiger partial charge in [-0.25, -0.2) is 13.8 Å². The number of rotatable bonds is 6. The highest BCUT2D eigenvalue weighted by Crippen LogP contribution is 2.23. The Balaban J connectivity index is 1.64. The number of pyridine rings is 1. The molecule has 0 bridgehead atoms. The minimum atomic E-state index is -0.599. The smallest absolute Gasteiger partial charge is 0.244 e. The van der Waals surface area contributed by atoms with Crippen LogP contribution in [0.5, 0.6) is 11.6 Å². The van der Waals surface area contributed by atoms with Gasteiger partial charge in [0.25, 0.3) is 0 Å². The van der Waals surface area contributed by atoms with E-state index in [9.17, 15) is 13.6 Å². The Morgan fingerprint density at radius 3 is 2.75 bits per heavy atom. The zero-order valence-corrected chi connectivity index (χ0v) is 15.1. The third-order valence-corrected chi connectivity index (χ3v) is 3.95. The van der Waals surface area contributed by atoms with Crippen molar-refractivity contribution in [3.8, 4) is 11.6 Å². The summed E-state index contributed by atoms with van der Waals surface area (Å²) in [5.41, 5.74) is 0.834. The van der Waals surface area contributed by atoms with Crippen LogP contribution in [0.2, 0.25) is 0 Å². The molecule has 0 aliphatic rings. The highest BCUT2D eigenvalue weighted by molar-refractivity contribution is 5.92. The van der Waals surface area contributed by atoms with Crippen LogP contribution in [0.25, 0.3) is 6.08 Å². The molecular formula is C22H18F2N2O2. The summed E-state index contributed by atoms with van der Waals surface area (Å²) in [5.74, 6) is -0.532. The van der Waals surface area contributed by atoms with Gasteiger partial charge in [0.05, 0.1) is 6.04 Å². The average molecular weight is 380 g/mol. The molecule has 0 aliphatic carbocycles. The largest absolute Gasteiger partial charge is 0.439 e. The van der Waals surface area contributed by atoms with E-state index in [4.69, 9.17) is 4.74 Å². The minimum absolute atomic E-state index is 0.00793. The summed E-state index contributed by atoms with van der Waals surface area (Å²) >= 11 is 0. The van der Waals surface area contributed by atoms with Crippen molar-refractivity contribution in [2.24, 2.45) is 0 Å². The lowest BCUT2D eigenvalue weighted by Crippen LogP contribution is -2.24. The molecule has 1 amide bonds. The fourth-order valence-electron chi connectivity index (χ4n) is 2.53. The first-order chi connectivity index (χ1) is 13.5. The Kier molecular flexibility index (Phi) is 6.11. The number of amides is 1. The van der Waals surface area contributed by atoms with Crippen LogP contribution in [0.1, 0.15) is 24.1 Å². The number of ether oxygens (including phenoxy) is 1. The second kappa shape index (κ2) is 8.90. The normalized spacial score (nSPS) is 12.0. The van der Waals surface area contributed by atoms with Gasteiger partial charge in [0.15, 0.2) is 0 Å². The summed E-state index contributed by atoms with van der Waals surface area (Å²) in [6, 6.07) is 15.4. The molecule has 2 aromatic carbocycles. The molecule has 0 saturated carbocycles. The van der Waals surface area contributed by atoms with E-state index in [1.807, 2.05) is 25.1 Å². The van der Waals surface area contributed by atoms with Gasteiger partial charge in [0, 0.05) is 23.9 Å². The second-order valence-corrected chi connectivity index (χ2v) is 6.07. The fraction of sp³-hybridized carbons (Fsp3) is 0.0909.